The zero-order valence-corrected chi connectivity index (χ0v) is 12.1. The van der Waals surface area contributed by atoms with Crippen LogP contribution in [0.25, 0.3) is 0 Å². The van der Waals surface area contributed by atoms with Crippen LogP contribution in [-0.2, 0) is 9.84 Å². The Kier molecular flexibility index (Phi) is 4.89. The minimum atomic E-state index is -2.95. The van der Waals surface area contributed by atoms with Crippen molar-refractivity contribution in [3.63, 3.8) is 0 Å². The van der Waals surface area contributed by atoms with Gasteiger partial charge in [-0.25, -0.2) is 8.42 Å². The lowest BCUT2D eigenvalue weighted by atomic mass is 10.2. The monoisotopic (exact) mass is 273 g/mol. The third-order valence-corrected chi connectivity index (χ3v) is 6.07. The molecule has 0 spiro atoms. The minimum absolute atomic E-state index is 0.197. The van der Waals surface area contributed by atoms with E-state index in [-0.39, 0.29) is 11.0 Å². The van der Waals surface area contributed by atoms with Crippen LogP contribution in [0.4, 0.5) is 5.69 Å². The van der Waals surface area contributed by atoms with Crippen molar-refractivity contribution in [2.45, 2.75) is 30.9 Å². The van der Waals surface area contributed by atoms with Crippen LogP contribution >= 0.6 is 11.8 Å². The number of nitrogens with two attached hydrogens (primary N) is 1. The van der Waals surface area contributed by atoms with E-state index in [4.69, 9.17) is 5.73 Å². The van der Waals surface area contributed by atoms with Gasteiger partial charge in [-0.05, 0) is 38.5 Å². The molecule has 5 heteroatoms. The van der Waals surface area contributed by atoms with E-state index in [2.05, 4.69) is 0 Å². The van der Waals surface area contributed by atoms with Gasteiger partial charge in [0.05, 0.1) is 11.0 Å². The summed E-state index contributed by atoms with van der Waals surface area (Å²) in [4.78, 5) is 0.953. The molecule has 1 rings (SSSR count). The normalized spacial score (nSPS) is 12.0. The van der Waals surface area contributed by atoms with Crippen LogP contribution in [0.5, 0.6) is 0 Å². The number of sulfone groups is 1. The van der Waals surface area contributed by atoms with E-state index >= 15 is 0 Å². The lowest BCUT2D eigenvalue weighted by Crippen LogP contribution is -2.18. The zero-order chi connectivity index (χ0) is 13.1. The highest BCUT2D eigenvalue weighted by Crippen LogP contribution is 2.26. The first-order valence-electron chi connectivity index (χ1n) is 5.53. The molecule has 1 aromatic carbocycles. The van der Waals surface area contributed by atoms with E-state index in [9.17, 15) is 8.42 Å². The zero-order valence-electron chi connectivity index (χ0n) is 10.4. The Morgan fingerprint density at radius 3 is 2.53 bits per heavy atom. The molecule has 0 saturated heterocycles. The number of benzene rings is 1. The molecule has 0 atom stereocenters. The molecule has 0 bridgehead atoms. The van der Waals surface area contributed by atoms with Crippen LogP contribution in [0.15, 0.2) is 23.1 Å². The molecule has 3 nitrogen and oxygen atoms in total. The summed E-state index contributed by atoms with van der Waals surface area (Å²) in [6.45, 7) is 5.40. The van der Waals surface area contributed by atoms with Crippen LogP contribution in [0.1, 0.15) is 19.4 Å². The molecule has 0 amide bonds. The number of hydrogen-bond acceptors (Lipinski definition) is 4. The van der Waals surface area contributed by atoms with Gasteiger partial charge in [0.25, 0.3) is 0 Å². The Morgan fingerprint density at radius 2 is 2.00 bits per heavy atom. The topological polar surface area (TPSA) is 60.2 Å². The molecule has 0 radical (unpaired) electrons. The third kappa shape index (κ3) is 4.24. The van der Waals surface area contributed by atoms with E-state index in [0.717, 1.165) is 16.1 Å². The van der Waals surface area contributed by atoms with Crippen molar-refractivity contribution in [1.82, 2.24) is 0 Å². The van der Waals surface area contributed by atoms with Crippen molar-refractivity contribution in [2.75, 3.05) is 17.2 Å². The quantitative estimate of drug-likeness (QED) is 0.661. The smallest absolute Gasteiger partial charge is 0.153 e. The fraction of sp³-hybridized carbons (Fsp3) is 0.500. The van der Waals surface area contributed by atoms with E-state index in [1.165, 1.54) is 11.8 Å². The first-order valence-corrected chi connectivity index (χ1v) is 8.23. The van der Waals surface area contributed by atoms with Gasteiger partial charge in [-0.2, -0.15) is 0 Å². The molecule has 0 aliphatic rings. The summed E-state index contributed by atoms with van der Waals surface area (Å²) in [5.74, 6) is 0.746. The van der Waals surface area contributed by atoms with Gasteiger partial charge in [0, 0.05) is 16.3 Å². The Morgan fingerprint density at radius 1 is 1.35 bits per heavy atom. The van der Waals surface area contributed by atoms with Crippen LogP contribution < -0.4 is 5.73 Å². The van der Waals surface area contributed by atoms with Gasteiger partial charge in [-0.3, -0.25) is 0 Å². The van der Waals surface area contributed by atoms with Crippen molar-refractivity contribution >= 4 is 27.3 Å². The molecule has 1 aromatic rings. The predicted molar refractivity (Wildman–Crippen MR) is 75.2 cm³/mol. The fourth-order valence-electron chi connectivity index (χ4n) is 1.30. The predicted octanol–water partition coefficient (Wildman–Crippen LogP) is 2.49. The molecule has 0 aliphatic carbocycles. The molecule has 0 aromatic heterocycles. The summed E-state index contributed by atoms with van der Waals surface area (Å²) < 4.78 is 23.2. The number of nitrogen functional groups attached to an aromatic ring is 1. The highest BCUT2D eigenvalue weighted by Gasteiger charge is 2.15. The second-order valence-corrected chi connectivity index (χ2v) is 8.12. The lowest BCUT2D eigenvalue weighted by molar-refractivity contribution is 0.589. The fourth-order valence-corrected chi connectivity index (χ4v) is 3.65. The second kappa shape index (κ2) is 5.78. The maximum atomic E-state index is 11.6. The Balaban J connectivity index is 2.58. The standard InChI is InChI=1S/C12H19NO2S2/c1-9(2)17(14,15)7-6-16-12-5-4-10(3)8-11(12)13/h4-5,8-9H,6-7,13H2,1-3H3. The molecule has 96 valence electrons. The number of hydrogen-bond donors (Lipinski definition) is 1. The maximum absolute atomic E-state index is 11.6. The molecule has 0 aliphatic heterocycles. The highest BCUT2D eigenvalue weighted by molar-refractivity contribution is 8.01. The maximum Gasteiger partial charge on any atom is 0.153 e. The van der Waals surface area contributed by atoms with Crippen molar-refractivity contribution in [2.24, 2.45) is 0 Å². The largest absolute Gasteiger partial charge is 0.398 e. The van der Waals surface area contributed by atoms with Crippen LogP contribution in [0.2, 0.25) is 0 Å². The van der Waals surface area contributed by atoms with E-state index in [1.54, 1.807) is 13.8 Å². The van der Waals surface area contributed by atoms with Crippen LogP contribution in [0, 0.1) is 6.92 Å². The van der Waals surface area contributed by atoms with Crippen LogP contribution in [0.3, 0.4) is 0 Å². The molecule has 0 fully saturated rings. The Hall–Kier alpha value is -0.680. The summed E-state index contributed by atoms with van der Waals surface area (Å²) in [6.07, 6.45) is 0. The van der Waals surface area contributed by atoms with Gasteiger partial charge in [0.15, 0.2) is 9.84 Å². The first-order chi connectivity index (χ1) is 7.83. The summed E-state index contributed by atoms with van der Waals surface area (Å²) in [6, 6.07) is 5.83. The van der Waals surface area contributed by atoms with Gasteiger partial charge in [-0.1, -0.05) is 6.07 Å². The first kappa shape index (κ1) is 14.4. The average Bonchev–Trinajstić information content (AvgIpc) is 2.21. The summed E-state index contributed by atoms with van der Waals surface area (Å²) in [5, 5.41) is -0.307. The van der Waals surface area contributed by atoms with E-state index in [0.29, 0.717) is 5.75 Å². The number of thioether (sulfide) groups is 1. The molecule has 0 saturated carbocycles. The van der Waals surface area contributed by atoms with Crippen molar-refractivity contribution in [3.05, 3.63) is 23.8 Å². The summed E-state index contributed by atoms with van der Waals surface area (Å²) in [5.41, 5.74) is 7.69. The Bertz CT molecular complexity index is 481. The Labute approximate surface area is 108 Å². The van der Waals surface area contributed by atoms with Crippen molar-refractivity contribution < 1.29 is 8.42 Å². The molecule has 17 heavy (non-hydrogen) atoms. The van der Waals surface area contributed by atoms with Gasteiger partial charge >= 0.3 is 0 Å². The summed E-state index contributed by atoms with van der Waals surface area (Å²) >= 11 is 1.50. The van der Waals surface area contributed by atoms with Gasteiger partial charge in [0.1, 0.15) is 0 Å². The van der Waals surface area contributed by atoms with E-state index < -0.39 is 9.84 Å². The van der Waals surface area contributed by atoms with Crippen LogP contribution in [-0.4, -0.2) is 25.2 Å². The number of anilines is 1. The lowest BCUT2D eigenvalue weighted by Gasteiger charge is -2.08. The summed E-state index contributed by atoms with van der Waals surface area (Å²) in [7, 11) is -2.95. The second-order valence-electron chi connectivity index (χ2n) is 4.31. The molecular formula is C12H19NO2S2. The SMILES string of the molecule is Cc1ccc(SCCS(=O)(=O)C(C)C)c(N)c1. The number of rotatable bonds is 5. The third-order valence-electron chi connectivity index (χ3n) is 2.51. The van der Waals surface area contributed by atoms with Gasteiger partial charge in [0.2, 0.25) is 0 Å². The molecule has 0 unspecified atom stereocenters. The highest BCUT2D eigenvalue weighted by atomic mass is 32.2. The van der Waals surface area contributed by atoms with Crippen molar-refractivity contribution in [3.8, 4) is 0 Å². The van der Waals surface area contributed by atoms with Crippen molar-refractivity contribution in [1.29, 1.82) is 0 Å². The molecular weight excluding hydrogens is 254 g/mol. The molecule has 0 heterocycles. The molecule has 2 N–H and O–H groups in total. The van der Waals surface area contributed by atoms with E-state index in [1.807, 2.05) is 25.1 Å². The van der Waals surface area contributed by atoms with Gasteiger partial charge in [-0.15, -0.1) is 11.8 Å². The number of aryl methyl sites for hydroxylation is 1. The van der Waals surface area contributed by atoms with Gasteiger partial charge < -0.3 is 5.73 Å². The minimum Gasteiger partial charge on any atom is -0.398 e. The average molecular weight is 273 g/mol.